The maximum Gasteiger partial charge on any atom is 0.224 e. The molecular weight excluding hydrogens is 311 g/mol. The standard InChI is InChI=1S/C18H23FN2O3/c19-14-2-1-3-15(12-14)20-16(22)4-5-17(23)21-10-6-13(7-11-21)18(24)8-9-18/h1-3,12-13,24H,4-11H2,(H,20,22). The number of anilines is 1. The van der Waals surface area contributed by atoms with Crippen LogP contribution >= 0.6 is 0 Å². The lowest BCUT2D eigenvalue weighted by molar-refractivity contribution is -0.134. The molecule has 0 unspecified atom stereocenters. The summed E-state index contributed by atoms with van der Waals surface area (Å²) >= 11 is 0. The van der Waals surface area contributed by atoms with Crippen molar-refractivity contribution in [2.45, 2.75) is 44.1 Å². The van der Waals surface area contributed by atoms with E-state index >= 15 is 0 Å². The maximum atomic E-state index is 13.1. The number of nitrogens with zero attached hydrogens (tertiary/aromatic N) is 1. The Morgan fingerprint density at radius 1 is 1.25 bits per heavy atom. The quantitative estimate of drug-likeness (QED) is 0.868. The minimum absolute atomic E-state index is 0.0365. The zero-order valence-corrected chi connectivity index (χ0v) is 13.6. The Bertz CT molecular complexity index is 622. The molecule has 6 heteroatoms. The Morgan fingerprint density at radius 2 is 1.96 bits per heavy atom. The van der Waals surface area contributed by atoms with Crippen molar-refractivity contribution in [3.05, 3.63) is 30.1 Å². The smallest absolute Gasteiger partial charge is 0.224 e. The van der Waals surface area contributed by atoms with Crippen LogP contribution in [0.5, 0.6) is 0 Å². The maximum absolute atomic E-state index is 13.1. The third-order valence-corrected chi connectivity index (χ3v) is 5.04. The number of piperidine rings is 1. The van der Waals surface area contributed by atoms with Crippen molar-refractivity contribution in [3.63, 3.8) is 0 Å². The molecule has 3 rings (SSSR count). The van der Waals surface area contributed by atoms with Gasteiger partial charge in [0.15, 0.2) is 0 Å². The van der Waals surface area contributed by atoms with Gasteiger partial charge in [-0.15, -0.1) is 0 Å². The van der Waals surface area contributed by atoms with Gasteiger partial charge in [0.25, 0.3) is 0 Å². The van der Waals surface area contributed by atoms with Crippen molar-refractivity contribution in [1.82, 2.24) is 4.90 Å². The van der Waals surface area contributed by atoms with E-state index in [4.69, 9.17) is 0 Å². The Balaban J connectivity index is 1.40. The first-order chi connectivity index (χ1) is 11.5. The van der Waals surface area contributed by atoms with E-state index in [1.165, 1.54) is 18.2 Å². The minimum atomic E-state index is -0.472. The predicted octanol–water partition coefficient (Wildman–Crippen LogP) is 2.31. The summed E-state index contributed by atoms with van der Waals surface area (Å²) in [7, 11) is 0. The molecule has 0 atom stereocenters. The summed E-state index contributed by atoms with van der Waals surface area (Å²) in [6, 6.07) is 5.68. The molecule has 1 aromatic rings. The van der Waals surface area contributed by atoms with E-state index in [0.29, 0.717) is 24.7 Å². The SMILES string of the molecule is O=C(CCC(=O)N1CCC(C2(O)CC2)CC1)Nc1cccc(F)c1. The van der Waals surface area contributed by atoms with Crippen LogP contribution in [-0.4, -0.2) is 40.5 Å². The Kier molecular flexibility index (Phi) is 4.85. The summed E-state index contributed by atoms with van der Waals surface area (Å²) in [5.74, 6) is -0.441. The second kappa shape index (κ2) is 6.89. The molecule has 130 valence electrons. The van der Waals surface area contributed by atoms with Crippen molar-refractivity contribution in [1.29, 1.82) is 0 Å². The van der Waals surface area contributed by atoms with Gasteiger partial charge in [0, 0.05) is 31.6 Å². The van der Waals surface area contributed by atoms with Gasteiger partial charge in [-0.1, -0.05) is 6.07 Å². The second-order valence-electron chi connectivity index (χ2n) is 6.82. The third-order valence-electron chi connectivity index (χ3n) is 5.04. The van der Waals surface area contributed by atoms with Crippen molar-refractivity contribution in [2.75, 3.05) is 18.4 Å². The summed E-state index contributed by atoms with van der Waals surface area (Å²) in [4.78, 5) is 25.8. The average Bonchev–Trinajstić information content (AvgIpc) is 3.32. The molecule has 2 fully saturated rings. The molecule has 1 aliphatic carbocycles. The van der Waals surface area contributed by atoms with Crippen LogP contribution in [0.2, 0.25) is 0 Å². The molecule has 1 aromatic carbocycles. The van der Waals surface area contributed by atoms with Gasteiger partial charge in [-0.3, -0.25) is 9.59 Å². The molecule has 0 spiro atoms. The van der Waals surface area contributed by atoms with Crippen molar-refractivity contribution >= 4 is 17.5 Å². The molecule has 5 nitrogen and oxygen atoms in total. The van der Waals surface area contributed by atoms with Gasteiger partial charge in [-0.05, 0) is 49.8 Å². The monoisotopic (exact) mass is 334 g/mol. The Hall–Kier alpha value is -1.95. The molecule has 1 heterocycles. The first-order valence-electron chi connectivity index (χ1n) is 8.52. The van der Waals surface area contributed by atoms with Crippen LogP contribution in [0.3, 0.4) is 0 Å². The molecule has 0 bridgehead atoms. The number of nitrogens with one attached hydrogen (secondary N) is 1. The van der Waals surface area contributed by atoms with E-state index in [1.54, 1.807) is 11.0 Å². The van der Waals surface area contributed by atoms with E-state index in [9.17, 15) is 19.1 Å². The Labute approximate surface area is 140 Å². The number of hydrogen-bond donors (Lipinski definition) is 2. The molecule has 24 heavy (non-hydrogen) atoms. The van der Waals surface area contributed by atoms with Crippen LogP contribution in [-0.2, 0) is 9.59 Å². The number of amides is 2. The highest BCUT2D eigenvalue weighted by Crippen LogP contribution is 2.46. The number of carbonyl (C=O) groups is 2. The lowest BCUT2D eigenvalue weighted by Crippen LogP contribution is -2.42. The summed E-state index contributed by atoms with van der Waals surface area (Å²) < 4.78 is 13.1. The summed E-state index contributed by atoms with van der Waals surface area (Å²) in [5, 5.41) is 12.7. The number of likely N-dealkylation sites (tertiary alicyclic amines) is 1. The van der Waals surface area contributed by atoms with Gasteiger partial charge in [-0.2, -0.15) is 0 Å². The van der Waals surface area contributed by atoms with Gasteiger partial charge < -0.3 is 15.3 Å². The van der Waals surface area contributed by atoms with Crippen LogP contribution in [0.25, 0.3) is 0 Å². The number of rotatable bonds is 5. The molecule has 2 aliphatic rings. The number of carbonyl (C=O) groups excluding carboxylic acids is 2. The van der Waals surface area contributed by atoms with Crippen molar-refractivity contribution in [3.8, 4) is 0 Å². The average molecular weight is 334 g/mol. The van der Waals surface area contributed by atoms with Gasteiger partial charge in [-0.25, -0.2) is 4.39 Å². The highest BCUT2D eigenvalue weighted by molar-refractivity contribution is 5.93. The molecule has 2 amide bonds. The lowest BCUT2D eigenvalue weighted by Gasteiger charge is -2.34. The van der Waals surface area contributed by atoms with Gasteiger partial charge in [0.2, 0.25) is 11.8 Å². The molecule has 0 aromatic heterocycles. The van der Waals surface area contributed by atoms with Crippen LogP contribution in [0, 0.1) is 11.7 Å². The molecule has 1 saturated carbocycles. The van der Waals surface area contributed by atoms with Crippen LogP contribution in [0.15, 0.2) is 24.3 Å². The van der Waals surface area contributed by atoms with Crippen LogP contribution in [0.1, 0.15) is 38.5 Å². The van der Waals surface area contributed by atoms with Crippen LogP contribution < -0.4 is 5.32 Å². The topological polar surface area (TPSA) is 69.6 Å². The first kappa shape index (κ1) is 16.9. The molecule has 2 N–H and O–H groups in total. The molecule has 1 aliphatic heterocycles. The fourth-order valence-corrected chi connectivity index (χ4v) is 3.37. The highest BCUT2D eigenvalue weighted by Gasteiger charge is 2.48. The van der Waals surface area contributed by atoms with E-state index in [-0.39, 0.29) is 24.7 Å². The molecule has 0 radical (unpaired) electrons. The second-order valence-corrected chi connectivity index (χ2v) is 6.82. The fourth-order valence-electron chi connectivity index (χ4n) is 3.37. The van der Waals surface area contributed by atoms with Gasteiger partial charge in [0.1, 0.15) is 5.82 Å². The number of halogens is 1. The fraction of sp³-hybridized carbons (Fsp3) is 0.556. The third kappa shape index (κ3) is 4.12. The van der Waals surface area contributed by atoms with E-state index in [0.717, 1.165) is 25.7 Å². The normalized spacial score (nSPS) is 19.8. The largest absolute Gasteiger partial charge is 0.390 e. The zero-order valence-electron chi connectivity index (χ0n) is 13.6. The zero-order chi connectivity index (χ0) is 17.2. The minimum Gasteiger partial charge on any atom is -0.390 e. The van der Waals surface area contributed by atoms with Gasteiger partial charge in [0.05, 0.1) is 5.60 Å². The lowest BCUT2D eigenvalue weighted by atomic mass is 9.89. The number of benzene rings is 1. The van der Waals surface area contributed by atoms with Crippen molar-refractivity contribution in [2.24, 2.45) is 5.92 Å². The van der Waals surface area contributed by atoms with E-state index in [2.05, 4.69) is 5.32 Å². The predicted molar refractivity (Wildman–Crippen MR) is 87.8 cm³/mol. The first-order valence-corrected chi connectivity index (χ1v) is 8.52. The highest BCUT2D eigenvalue weighted by atomic mass is 19.1. The number of aliphatic hydroxyl groups is 1. The Morgan fingerprint density at radius 3 is 2.58 bits per heavy atom. The van der Waals surface area contributed by atoms with E-state index in [1.807, 2.05) is 0 Å². The molecule has 1 saturated heterocycles. The summed E-state index contributed by atoms with van der Waals surface area (Å²) in [6.07, 6.45) is 3.66. The van der Waals surface area contributed by atoms with Gasteiger partial charge >= 0.3 is 0 Å². The van der Waals surface area contributed by atoms with Crippen LogP contribution in [0.4, 0.5) is 10.1 Å². The number of hydrogen-bond acceptors (Lipinski definition) is 3. The van der Waals surface area contributed by atoms with Crippen molar-refractivity contribution < 1.29 is 19.1 Å². The summed E-state index contributed by atoms with van der Waals surface area (Å²) in [5.41, 5.74) is -0.0779. The summed E-state index contributed by atoms with van der Waals surface area (Å²) in [6.45, 7) is 1.30. The molecular formula is C18H23FN2O3. The van der Waals surface area contributed by atoms with E-state index < -0.39 is 11.4 Å².